The molecule has 1 aliphatic heterocycles. The lowest BCUT2D eigenvalue weighted by atomic mass is 9.98. The Balaban J connectivity index is 1.54. The second-order valence-corrected chi connectivity index (χ2v) is 10.5. The van der Waals surface area contributed by atoms with E-state index in [2.05, 4.69) is 11.4 Å². The van der Waals surface area contributed by atoms with E-state index in [4.69, 9.17) is 0 Å². The first kappa shape index (κ1) is 18.4. The van der Waals surface area contributed by atoms with Gasteiger partial charge in [0.1, 0.15) is 0 Å². The highest BCUT2D eigenvalue weighted by atomic mass is 32.2. The minimum absolute atomic E-state index is 0.00142. The van der Waals surface area contributed by atoms with E-state index in [-0.39, 0.29) is 29.0 Å². The van der Waals surface area contributed by atoms with Crippen molar-refractivity contribution in [1.82, 2.24) is 4.90 Å². The lowest BCUT2D eigenvalue weighted by Gasteiger charge is -2.35. The number of amides is 1. The van der Waals surface area contributed by atoms with Crippen molar-refractivity contribution in [3.63, 3.8) is 0 Å². The average Bonchev–Trinajstić information content (AvgIpc) is 3.37. The molecule has 1 amide bonds. The summed E-state index contributed by atoms with van der Waals surface area (Å²) in [6.45, 7) is 0.625. The number of sulfone groups is 1. The van der Waals surface area contributed by atoms with E-state index in [1.165, 1.54) is 10.4 Å². The highest BCUT2D eigenvalue weighted by Crippen LogP contribution is 2.39. The van der Waals surface area contributed by atoms with E-state index in [1.807, 2.05) is 22.4 Å². The highest BCUT2D eigenvalue weighted by Gasteiger charge is 2.33. The Morgan fingerprint density at radius 1 is 1.04 bits per heavy atom. The fourth-order valence-corrected chi connectivity index (χ4v) is 6.46. The largest absolute Gasteiger partial charge is 0.330 e. The van der Waals surface area contributed by atoms with E-state index >= 15 is 0 Å². The van der Waals surface area contributed by atoms with Crippen LogP contribution in [0.5, 0.6) is 0 Å². The van der Waals surface area contributed by atoms with E-state index < -0.39 is 9.84 Å². The number of benzene rings is 1. The van der Waals surface area contributed by atoms with Gasteiger partial charge >= 0.3 is 0 Å². The number of rotatable bonds is 5. The van der Waals surface area contributed by atoms with Gasteiger partial charge in [-0.15, -0.1) is 22.7 Å². The SMILES string of the molecule is O=C(CCS(=O)(=O)c1ccccc1)N1CCc2sccc2[C@@H]1c1cccs1. The molecule has 0 bridgehead atoms. The van der Waals surface area contributed by atoms with Gasteiger partial charge in [0.15, 0.2) is 9.84 Å². The van der Waals surface area contributed by atoms with Crippen LogP contribution >= 0.6 is 22.7 Å². The lowest BCUT2D eigenvalue weighted by Crippen LogP contribution is -2.40. The molecule has 0 saturated heterocycles. The molecular formula is C20H19NO3S3. The molecule has 27 heavy (non-hydrogen) atoms. The standard InChI is InChI=1S/C20H19NO3S3/c22-19(10-14-27(23,24)15-5-2-1-3-6-15)21-11-8-17-16(9-13-26-17)20(21)18-7-4-12-25-18/h1-7,9,12-13,20H,8,10-11,14H2/t20-/m1/s1. The van der Waals surface area contributed by atoms with Crippen LogP contribution in [0.4, 0.5) is 0 Å². The maximum absolute atomic E-state index is 13.0. The molecule has 0 saturated carbocycles. The maximum Gasteiger partial charge on any atom is 0.224 e. The smallest absolute Gasteiger partial charge is 0.224 e. The van der Waals surface area contributed by atoms with Gasteiger partial charge in [0.25, 0.3) is 0 Å². The minimum atomic E-state index is -3.46. The van der Waals surface area contributed by atoms with Crippen LogP contribution in [0, 0.1) is 0 Å². The third-order valence-electron chi connectivity index (χ3n) is 4.79. The molecule has 4 nitrogen and oxygen atoms in total. The summed E-state index contributed by atoms with van der Waals surface area (Å²) in [5.41, 5.74) is 1.17. The van der Waals surface area contributed by atoms with Crippen LogP contribution in [0.2, 0.25) is 0 Å². The molecule has 1 atom stereocenters. The fraction of sp³-hybridized carbons (Fsp3) is 0.250. The van der Waals surface area contributed by atoms with Crippen LogP contribution in [0.25, 0.3) is 0 Å². The van der Waals surface area contributed by atoms with Gasteiger partial charge in [-0.3, -0.25) is 4.79 Å². The fourth-order valence-electron chi connectivity index (χ4n) is 3.45. The molecule has 140 valence electrons. The van der Waals surface area contributed by atoms with Crippen molar-refractivity contribution < 1.29 is 13.2 Å². The van der Waals surface area contributed by atoms with Crippen molar-refractivity contribution in [2.24, 2.45) is 0 Å². The number of hydrogen-bond donors (Lipinski definition) is 0. The van der Waals surface area contributed by atoms with E-state index in [0.717, 1.165) is 11.3 Å². The Kier molecular flexibility index (Phi) is 5.16. The molecule has 7 heteroatoms. The summed E-state index contributed by atoms with van der Waals surface area (Å²) in [5.74, 6) is -0.273. The molecule has 0 unspecified atom stereocenters. The van der Waals surface area contributed by atoms with E-state index in [1.54, 1.807) is 53.0 Å². The van der Waals surface area contributed by atoms with Gasteiger partial charge in [-0.1, -0.05) is 24.3 Å². The van der Waals surface area contributed by atoms with Crippen LogP contribution in [0.1, 0.15) is 27.8 Å². The highest BCUT2D eigenvalue weighted by molar-refractivity contribution is 7.91. The number of thiophene rings is 2. The predicted octanol–water partition coefficient (Wildman–Crippen LogP) is 4.15. The third-order valence-corrected chi connectivity index (χ3v) is 8.44. The molecular weight excluding hydrogens is 398 g/mol. The second kappa shape index (κ2) is 7.58. The molecule has 0 aliphatic carbocycles. The Bertz CT molecular complexity index is 1020. The monoisotopic (exact) mass is 417 g/mol. The Hall–Kier alpha value is -1.96. The molecule has 1 aliphatic rings. The first-order valence-corrected chi connectivity index (χ1v) is 12.1. The Morgan fingerprint density at radius 2 is 1.85 bits per heavy atom. The Labute approximate surface area is 167 Å². The van der Waals surface area contributed by atoms with Gasteiger partial charge in [0.2, 0.25) is 5.91 Å². The average molecular weight is 418 g/mol. The summed E-state index contributed by atoms with van der Waals surface area (Å²) >= 11 is 3.36. The van der Waals surface area contributed by atoms with Gasteiger partial charge in [0.05, 0.1) is 16.7 Å². The molecule has 3 aromatic rings. The minimum Gasteiger partial charge on any atom is -0.330 e. The van der Waals surface area contributed by atoms with Gasteiger partial charge in [0, 0.05) is 22.7 Å². The topological polar surface area (TPSA) is 54.5 Å². The number of carbonyl (C=O) groups is 1. The van der Waals surface area contributed by atoms with Gasteiger partial charge in [-0.25, -0.2) is 8.42 Å². The summed E-state index contributed by atoms with van der Waals surface area (Å²) in [7, 11) is -3.46. The number of hydrogen-bond acceptors (Lipinski definition) is 5. The second-order valence-electron chi connectivity index (χ2n) is 6.44. The number of carbonyl (C=O) groups excluding carboxylic acids is 1. The van der Waals surface area contributed by atoms with Crippen LogP contribution < -0.4 is 0 Å². The van der Waals surface area contributed by atoms with Crippen LogP contribution in [0.3, 0.4) is 0 Å². The summed E-state index contributed by atoms with van der Waals surface area (Å²) in [5, 5.41) is 4.08. The molecule has 0 spiro atoms. The zero-order valence-corrected chi connectivity index (χ0v) is 17.0. The van der Waals surface area contributed by atoms with Crippen molar-refractivity contribution in [1.29, 1.82) is 0 Å². The molecule has 1 aromatic carbocycles. The summed E-state index contributed by atoms with van der Waals surface area (Å²) in [6.07, 6.45) is 0.824. The summed E-state index contributed by atoms with van der Waals surface area (Å²) in [6, 6.07) is 14.3. The summed E-state index contributed by atoms with van der Waals surface area (Å²) in [4.78, 5) is 17.5. The van der Waals surface area contributed by atoms with Crippen LogP contribution in [-0.4, -0.2) is 31.5 Å². The molecule has 4 rings (SSSR count). The van der Waals surface area contributed by atoms with Gasteiger partial charge in [-0.05, 0) is 47.0 Å². The number of nitrogens with zero attached hydrogens (tertiary/aromatic N) is 1. The van der Waals surface area contributed by atoms with E-state index in [9.17, 15) is 13.2 Å². The zero-order valence-electron chi connectivity index (χ0n) is 14.6. The molecule has 0 fully saturated rings. The first-order valence-electron chi connectivity index (χ1n) is 8.73. The van der Waals surface area contributed by atoms with Crippen molar-refractivity contribution in [2.45, 2.75) is 23.8 Å². The van der Waals surface area contributed by atoms with Crippen molar-refractivity contribution in [3.05, 3.63) is 74.6 Å². The van der Waals surface area contributed by atoms with Crippen molar-refractivity contribution >= 4 is 38.4 Å². The molecule has 0 radical (unpaired) electrons. The van der Waals surface area contributed by atoms with Crippen molar-refractivity contribution in [2.75, 3.05) is 12.3 Å². The van der Waals surface area contributed by atoms with Crippen molar-refractivity contribution in [3.8, 4) is 0 Å². The Morgan fingerprint density at radius 3 is 2.59 bits per heavy atom. The van der Waals surface area contributed by atoms with Gasteiger partial charge in [-0.2, -0.15) is 0 Å². The zero-order chi connectivity index (χ0) is 18.9. The van der Waals surface area contributed by atoms with Crippen LogP contribution in [0.15, 0.2) is 64.2 Å². The first-order chi connectivity index (χ1) is 13.1. The molecule has 2 aromatic heterocycles. The number of fused-ring (bicyclic) bond motifs is 1. The molecule has 3 heterocycles. The normalized spacial score (nSPS) is 16.9. The van der Waals surface area contributed by atoms with Crippen LogP contribution in [-0.2, 0) is 21.1 Å². The predicted molar refractivity (Wildman–Crippen MR) is 109 cm³/mol. The van der Waals surface area contributed by atoms with Gasteiger partial charge < -0.3 is 4.90 Å². The van der Waals surface area contributed by atoms with E-state index in [0.29, 0.717) is 6.54 Å². The summed E-state index contributed by atoms with van der Waals surface area (Å²) < 4.78 is 25.0. The quantitative estimate of drug-likeness (QED) is 0.627. The lowest BCUT2D eigenvalue weighted by molar-refractivity contribution is -0.132. The third kappa shape index (κ3) is 3.72. The molecule has 0 N–H and O–H groups in total. The maximum atomic E-state index is 13.0.